The van der Waals surface area contributed by atoms with Crippen molar-refractivity contribution in [1.29, 1.82) is 0 Å². The average molecular weight is 282 g/mol. The van der Waals surface area contributed by atoms with Crippen LogP contribution in [0.5, 0.6) is 5.75 Å². The van der Waals surface area contributed by atoms with Crippen LogP contribution in [-0.4, -0.2) is 12.5 Å². The van der Waals surface area contributed by atoms with Gasteiger partial charge in [0.15, 0.2) is 0 Å². The molecule has 19 heavy (non-hydrogen) atoms. The topological polar surface area (TPSA) is 75.1 Å². The zero-order valence-corrected chi connectivity index (χ0v) is 11.3. The molecule has 1 rings (SSSR count). The van der Waals surface area contributed by atoms with Gasteiger partial charge in [0.05, 0.1) is 0 Å². The number of azide groups is 1. The molecule has 0 bridgehead atoms. The molecule has 0 spiro atoms. The maximum absolute atomic E-state index is 11.5. The quantitative estimate of drug-likeness (QED) is 0.136. The van der Waals surface area contributed by atoms with E-state index in [4.69, 9.17) is 21.9 Å². The predicted octanol–water partition coefficient (Wildman–Crippen LogP) is 4.20. The molecule has 0 radical (unpaired) electrons. The van der Waals surface area contributed by atoms with Crippen molar-refractivity contribution in [3.05, 3.63) is 40.3 Å². The van der Waals surface area contributed by atoms with E-state index in [1.54, 1.807) is 12.1 Å². The van der Waals surface area contributed by atoms with Crippen molar-refractivity contribution in [2.75, 3.05) is 6.54 Å². The molecule has 102 valence electrons. The number of hydrogen-bond donors (Lipinski definition) is 0. The maximum atomic E-state index is 11.5. The van der Waals surface area contributed by atoms with E-state index in [1.165, 1.54) is 0 Å². The van der Waals surface area contributed by atoms with Crippen molar-refractivity contribution in [1.82, 2.24) is 0 Å². The predicted molar refractivity (Wildman–Crippen MR) is 74.1 cm³/mol. The number of carbonyl (C=O) groups is 1. The smallest absolute Gasteiger partial charge is 0.311 e. The first-order valence-electron chi connectivity index (χ1n) is 6.12. The molecule has 0 aromatic heterocycles. The summed E-state index contributed by atoms with van der Waals surface area (Å²) >= 11 is 5.67. The molecule has 5 nitrogen and oxygen atoms in total. The highest BCUT2D eigenvalue weighted by atomic mass is 35.5. The molecule has 1 aromatic carbocycles. The van der Waals surface area contributed by atoms with Gasteiger partial charge in [0.1, 0.15) is 5.75 Å². The summed E-state index contributed by atoms with van der Waals surface area (Å²) in [6, 6.07) is 7.12. The third-order valence-corrected chi connectivity index (χ3v) is 2.82. The number of hydrogen-bond acceptors (Lipinski definition) is 3. The van der Waals surface area contributed by atoms with Crippen LogP contribution in [0.1, 0.15) is 31.2 Å². The number of ether oxygens (including phenoxy) is 1. The second-order valence-corrected chi connectivity index (χ2v) is 4.28. The Kier molecular flexibility index (Phi) is 7.47. The standard InChI is InChI=1S/C13H16ClN3O2/c14-10-11-5-7-12(8-6-11)19-13(18)4-2-1-3-9-16-17-15/h5-8H,1-4,9-10H2. The van der Waals surface area contributed by atoms with Gasteiger partial charge in [-0.25, -0.2) is 0 Å². The molecule has 0 fully saturated rings. The van der Waals surface area contributed by atoms with Gasteiger partial charge in [-0.15, -0.1) is 11.6 Å². The Morgan fingerprint density at radius 3 is 2.63 bits per heavy atom. The van der Waals surface area contributed by atoms with E-state index >= 15 is 0 Å². The van der Waals surface area contributed by atoms with E-state index in [2.05, 4.69) is 10.0 Å². The molecule has 6 heteroatoms. The lowest BCUT2D eigenvalue weighted by Gasteiger charge is -2.04. The van der Waals surface area contributed by atoms with Crippen LogP contribution in [0, 0.1) is 0 Å². The van der Waals surface area contributed by atoms with Crippen LogP contribution in [0.4, 0.5) is 0 Å². The average Bonchev–Trinajstić information content (AvgIpc) is 2.43. The third-order valence-electron chi connectivity index (χ3n) is 2.51. The van der Waals surface area contributed by atoms with Gasteiger partial charge < -0.3 is 4.74 Å². The molecule has 0 amide bonds. The Labute approximate surface area is 117 Å². The highest BCUT2D eigenvalue weighted by Gasteiger charge is 2.04. The fourth-order valence-corrected chi connectivity index (χ4v) is 1.68. The van der Waals surface area contributed by atoms with Crippen LogP contribution in [0.15, 0.2) is 29.4 Å². The summed E-state index contributed by atoms with van der Waals surface area (Å²) in [6.07, 6.45) is 2.74. The van der Waals surface area contributed by atoms with Crippen LogP contribution in [-0.2, 0) is 10.7 Å². The van der Waals surface area contributed by atoms with Crippen LogP contribution >= 0.6 is 11.6 Å². The summed E-state index contributed by atoms with van der Waals surface area (Å²) in [5.74, 6) is 0.731. The monoisotopic (exact) mass is 281 g/mol. The van der Waals surface area contributed by atoms with Gasteiger partial charge in [-0.2, -0.15) is 0 Å². The SMILES string of the molecule is [N-]=[N+]=NCCCCCC(=O)Oc1ccc(CCl)cc1. The summed E-state index contributed by atoms with van der Waals surface area (Å²) in [5, 5.41) is 3.43. The zero-order chi connectivity index (χ0) is 13.9. The van der Waals surface area contributed by atoms with E-state index in [1.807, 2.05) is 12.1 Å². The molecule has 0 unspecified atom stereocenters. The third kappa shape index (κ3) is 6.70. The minimum absolute atomic E-state index is 0.248. The lowest BCUT2D eigenvalue weighted by molar-refractivity contribution is -0.134. The van der Waals surface area contributed by atoms with E-state index < -0.39 is 0 Å². The number of nitrogens with zero attached hydrogens (tertiary/aromatic N) is 3. The lowest BCUT2D eigenvalue weighted by Crippen LogP contribution is -2.07. The number of carbonyl (C=O) groups excluding carboxylic acids is 1. The summed E-state index contributed by atoms with van der Waals surface area (Å²) in [7, 11) is 0. The van der Waals surface area contributed by atoms with Crippen LogP contribution < -0.4 is 4.74 Å². The van der Waals surface area contributed by atoms with Gasteiger partial charge in [-0.3, -0.25) is 4.79 Å². The summed E-state index contributed by atoms with van der Waals surface area (Å²) < 4.78 is 5.18. The molecule has 0 saturated carbocycles. The Hall–Kier alpha value is -1.71. The van der Waals surface area contributed by atoms with E-state index in [-0.39, 0.29) is 5.97 Å². The van der Waals surface area contributed by atoms with Gasteiger partial charge >= 0.3 is 5.97 Å². The number of esters is 1. The summed E-state index contributed by atoms with van der Waals surface area (Å²) in [6.45, 7) is 0.478. The molecule has 0 saturated heterocycles. The van der Waals surface area contributed by atoms with E-state index in [9.17, 15) is 4.79 Å². The fourth-order valence-electron chi connectivity index (χ4n) is 1.50. The Bertz CT molecular complexity index is 442. The minimum Gasteiger partial charge on any atom is -0.427 e. The highest BCUT2D eigenvalue weighted by molar-refractivity contribution is 6.17. The number of benzene rings is 1. The van der Waals surface area contributed by atoms with Gasteiger partial charge in [0.25, 0.3) is 0 Å². The van der Waals surface area contributed by atoms with Crippen molar-refractivity contribution < 1.29 is 9.53 Å². The Balaban J connectivity index is 2.21. The number of alkyl halides is 1. The van der Waals surface area contributed by atoms with Crippen molar-refractivity contribution in [3.63, 3.8) is 0 Å². The Morgan fingerprint density at radius 1 is 1.26 bits per heavy atom. The molecule has 0 heterocycles. The van der Waals surface area contributed by atoms with Crippen molar-refractivity contribution in [2.24, 2.45) is 5.11 Å². The van der Waals surface area contributed by atoms with Crippen LogP contribution in [0.2, 0.25) is 0 Å². The number of halogens is 1. The van der Waals surface area contributed by atoms with Gasteiger partial charge in [0.2, 0.25) is 0 Å². The lowest BCUT2D eigenvalue weighted by atomic mass is 10.2. The van der Waals surface area contributed by atoms with Crippen molar-refractivity contribution >= 4 is 17.6 Å². The fraction of sp³-hybridized carbons (Fsp3) is 0.462. The van der Waals surface area contributed by atoms with E-state index in [0.29, 0.717) is 24.6 Å². The number of rotatable bonds is 8. The van der Waals surface area contributed by atoms with E-state index in [0.717, 1.165) is 24.8 Å². The molecular weight excluding hydrogens is 266 g/mol. The number of unbranched alkanes of at least 4 members (excludes halogenated alkanes) is 2. The maximum Gasteiger partial charge on any atom is 0.311 e. The van der Waals surface area contributed by atoms with Crippen molar-refractivity contribution in [3.8, 4) is 5.75 Å². The molecule has 0 aliphatic heterocycles. The first-order chi connectivity index (χ1) is 9.26. The first kappa shape index (κ1) is 15.3. The molecular formula is C13H16ClN3O2. The molecule has 0 atom stereocenters. The van der Waals surface area contributed by atoms with Crippen LogP contribution in [0.3, 0.4) is 0 Å². The van der Waals surface area contributed by atoms with Gasteiger partial charge in [0, 0.05) is 23.8 Å². The largest absolute Gasteiger partial charge is 0.427 e. The molecule has 1 aromatic rings. The van der Waals surface area contributed by atoms with Gasteiger partial charge in [-0.05, 0) is 36.1 Å². The second-order valence-electron chi connectivity index (χ2n) is 4.02. The summed E-state index contributed by atoms with van der Waals surface area (Å²) in [4.78, 5) is 14.2. The highest BCUT2D eigenvalue weighted by Crippen LogP contribution is 2.14. The summed E-state index contributed by atoms with van der Waals surface area (Å²) in [5.41, 5.74) is 9.07. The minimum atomic E-state index is -0.248. The van der Waals surface area contributed by atoms with Crippen molar-refractivity contribution in [2.45, 2.75) is 31.6 Å². The molecule has 0 aliphatic carbocycles. The molecule has 0 aliphatic rings. The first-order valence-corrected chi connectivity index (χ1v) is 6.66. The van der Waals surface area contributed by atoms with Gasteiger partial charge in [-0.1, -0.05) is 23.7 Å². The second kappa shape index (κ2) is 9.25. The zero-order valence-electron chi connectivity index (χ0n) is 10.6. The Morgan fingerprint density at radius 2 is 2.00 bits per heavy atom. The molecule has 0 N–H and O–H groups in total. The van der Waals surface area contributed by atoms with Crippen LogP contribution in [0.25, 0.3) is 10.4 Å². The normalized spacial score (nSPS) is 9.74.